The number of rotatable bonds is 7. The van der Waals surface area contributed by atoms with Crippen molar-refractivity contribution < 1.29 is 37.9 Å². The smallest absolute Gasteiger partial charge is 0.160 e. The van der Waals surface area contributed by atoms with Gasteiger partial charge in [0.25, 0.3) is 0 Å². The molecule has 0 amide bonds. The van der Waals surface area contributed by atoms with Crippen molar-refractivity contribution in [3.05, 3.63) is 72.1 Å². The van der Waals surface area contributed by atoms with Gasteiger partial charge >= 0.3 is 0 Å². The first-order chi connectivity index (χ1) is 23.3. The number of allylic oxidation sites excluding steroid dienone is 8. The molecule has 0 aliphatic carbocycles. The van der Waals surface area contributed by atoms with Gasteiger partial charge in [0.15, 0.2) is 17.3 Å². The van der Waals surface area contributed by atoms with E-state index >= 15 is 0 Å². The topological polar surface area (TPSA) is 99.9 Å². The second-order valence-electron chi connectivity index (χ2n) is 14.0. The highest BCUT2D eigenvalue weighted by Crippen LogP contribution is 2.29. The largest absolute Gasteiger partial charge is 0.492 e. The van der Waals surface area contributed by atoms with E-state index in [0.29, 0.717) is 88.9 Å². The molecule has 9 nitrogen and oxygen atoms in total. The first-order valence-corrected chi connectivity index (χ1v) is 17.9. The highest BCUT2D eigenvalue weighted by atomic mass is 16.6. The van der Waals surface area contributed by atoms with Gasteiger partial charge in [-0.05, 0) is 72.1 Å². The summed E-state index contributed by atoms with van der Waals surface area (Å²) in [6.45, 7) is 28.9. The maximum absolute atomic E-state index is 6.63. The van der Waals surface area contributed by atoms with Crippen LogP contribution in [-0.4, -0.2) is 83.8 Å². The van der Waals surface area contributed by atoms with Crippen LogP contribution in [0.5, 0.6) is 0 Å². The third-order valence-corrected chi connectivity index (χ3v) is 8.95. The molecule has 0 aromatic heterocycles. The van der Waals surface area contributed by atoms with Crippen molar-refractivity contribution in [2.45, 2.75) is 99.7 Å². The van der Waals surface area contributed by atoms with Gasteiger partial charge < -0.3 is 43.6 Å². The third kappa shape index (κ3) is 16.8. The highest BCUT2D eigenvalue weighted by molar-refractivity contribution is 5.23. The molecule has 282 valence electrons. The fourth-order valence-electron chi connectivity index (χ4n) is 4.71. The zero-order chi connectivity index (χ0) is 36.8. The second-order valence-corrected chi connectivity index (χ2v) is 14.0. The van der Waals surface area contributed by atoms with Crippen LogP contribution < -0.4 is 5.73 Å². The average molecular weight is 692 g/mol. The maximum Gasteiger partial charge on any atom is 0.160 e. The first kappa shape index (κ1) is 44.5. The van der Waals surface area contributed by atoms with Crippen molar-refractivity contribution in [1.29, 1.82) is 0 Å². The highest BCUT2D eigenvalue weighted by Gasteiger charge is 2.36. The molecule has 0 spiro atoms. The third-order valence-electron chi connectivity index (χ3n) is 8.95. The summed E-state index contributed by atoms with van der Waals surface area (Å²) in [5.74, 6) is 2.54. The van der Waals surface area contributed by atoms with Gasteiger partial charge in [-0.15, -0.1) is 0 Å². The predicted octanol–water partition coefficient (Wildman–Crippen LogP) is 8.19. The van der Waals surface area contributed by atoms with Crippen molar-refractivity contribution in [2.75, 3.05) is 72.6 Å². The quantitative estimate of drug-likeness (QED) is 0.265. The van der Waals surface area contributed by atoms with E-state index in [1.54, 1.807) is 12.2 Å². The van der Waals surface area contributed by atoms with Crippen LogP contribution in [0.25, 0.3) is 0 Å². The molecule has 1 heterocycles. The number of ether oxygens (including phenoxy) is 8. The summed E-state index contributed by atoms with van der Waals surface area (Å²) in [4.78, 5) is 0. The minimum atomic E-state index is -0.739. The van der Waals surface area contributed by atoms with Crippen LogP contribution in [0.3, 0.4) is 0 Å². The van der Waals surface area contributed by atoms with Gasteiger partial charge in [0, 0.05) is 17.4 Å². The van der Waals surface area contributed by atoms with Gasteiger partial charge in [-0.1, -0.05) is 65.5 Å². The molecule has 4 atom stereocenters. The minimum absolute atomic E-state index is 0.146. The molecule has 0 bridgehead atoms. The second kappa shape index (κ2) is 23.0. The molecule has 1 aliphatic rings. The average Bonchev–Trinajstić information content (AvgIpc) is 3.09. The van der Waals surface area contributed by atoms with Crippen LogP contribution >= 0.6 is 0 Å². The predicted molar refractivity (Wildman–Crippen MR) is 199 cm³/mol. The van der Waals surface area contributed by atoms with E-state index in [1.165, 1.54) is 0 Å². The lowest BCUT2D eigenvalue weighted by Gasteiger charge is -2.39. The number of hydrogen-bond donors (Lipinski definition) is 1. The normalized spacial score (nSPS) is 33.5. The van der Waals surface area contributed by atoms with Crippen LogP contribution in [0.15, 0.2) is 72.1 Å². The monoisotopic (exact) mass is 692 g/mol. The fourth-order valence-corrected chi connectivity index (χ4v) is 4.71. The van der Waals surface area contributed by atoms with Crippen LogP contribution in [-0.2, 0) is 37.9 Å². The van der Waals surface area contributed by atoms with Crippen LogP contribution in [0.2, 0.25) is 0 Å². The number of hydrogen-bond acceptors (Lipinski definition) is 9. The summed E-state index contributed by atoms with van der Waals surface area (Å²) < 4.78 is 50.0. The minimum Gasteiger partial charge on any atom is -0.492 e. The number of nitrogens with two attached hydrogens (primary N) is 1. The summed E-state index contributed by atoms with van der Waals surface area (Å²) in [6.07, 6.45) is 15.7. The summed E-state index contributed by atoms with van der Waals surface area (Å²) in [6, 6.07) is 0. The molecule has 1 aliphatic heterocycles. The summed E-state index contributed by atoms with van der Waals surface area (Å²) >= 11 is 0. The molecular weight excluding hydrogens is 622 g/mol. The standard InChI is InChI=1S/C40H69NO8/c1-12-18-19-21-35-33(7)45-24-22-43-31-40(11,26-41)49-39(10,17-6)32-48-34(14-3)36(20-13-2)46-25-23-42-27-37(8,15-4)28-44-29-38(9,16-5)30-47-35/h12-14,18-21H,2,15-17,22-32,41H2,1,3-11H3/b18-12-,21-19-,34-14+,35-33-,36-20+. The van der Waals surface area contributed by atoms with Gasteiger partial charge in [-0.3, -0.25) is 0 Å². The molecule has 0 saturated carbocycles. The van der Waals surface area contributed by atoms with Gasteiger partial charge in [-0.25, -0.2) is 0 Å². The molecule has 0 aromatic rings. The van der Waals surface area contributed by atoms with Crippen LogP contribution in [0.4, 0.5) is 0 Å². The summed E-state index contributed by atoms with van der Waals surface area (Å²) in [5, 5.41) is 0. The van der Waals surface area contributed by atoms with E-state index in [9.17, 15) is 0 Å². The first-order valence-electron chi connectivity index (χ1n) is 17.9. The Bertz CT molecular complexity index is 1110. The Kier molecular flexibility index (Phi) is 20.9. The molecule has 0 radical (unpaired) electrons. The molecule has 9 heteroatoms. The van der Waals surface area contributed by atoms with E-state index in [0.717, 1.165) is 12.8 Å². The Hall–Kier alpha value is -2.56. The Morgan fingerprint density at radius 1 is 0.673 bits per heavy atom. The van der Waals surface area contributed by atoms with Crippen LogP contribution in [0.1, 0.15) is 88.5 Å². The summed E-state index contributed by atoms with van der Waals surface area (Å²) in [5.41, 5.74) is 4.50. The van der Waals surface area contributed by atoms with Gasteiger partial charge in [0.1, 0.15) is 31.2 Å². The molecule has 0 fully saturated rings. The van der Waals surface area contributed by atoms with Gasteiger partial charge in [0.05, 0.1) is 51.8 Å². The lowest BCUT2D eigenvalue weighted by Crippen LogP contribution is -2.50. The van der Waals surface area contributed by atoms with E-state index < -0.39 is 11.2 Å². The fraction of sp³-hybridized carbons (Fsp3) is 0.700. The summed E-state index contributed by atoms with van der Waals surface area (Å²) in [7, 11) is 0. The van der Waals surface area contributed by atoms with Crippen molar-refractivity contribution in [1.82, 2.24) is 0 Å². The molecule has 4 unspecified atom stereocenters. The van der Waals surface area contributed by atoms with E-state index in [-0.39, 0.29) is 24.0 Å². The maximum atomic E-state index is 6.63. The van der Waals surface area contributed by atoms with E-state index in [1.807, 2.05) is 65.0 Å². The van der Waals surface area contributed by atoms with E-state index in [4.69, 9.17) is 43.6 Å². The molecule has 49 heavy (non-hydrogen) atoms. The SMILES string of the molecule is C=C/C=C1/OCCOCC(C)(CC)COCC(C)(CC)COC(/C=C\C=C/C)=C(/C)OCCOCC(C)(CN)OC(C)(CC)CO/C1=C/C. The van der Waals surface area contributed by atoms with Crippen molar-refractivity contribution in [2.24, 2.45) is 16.6 Å². The van der Waals surface area contributed by atoms with Gasteiger partial charge in [0.2, 0.25) is 0 Å². The van der Waals surface area contributed by atoms with Gasteiger partial charge in [-0.2, -0.15) is 0 Å². The van der Waals surface area contributed by atoms with Crippen molar-refractivity contribution in [3.8, 4) is 0 Å². The Morgan fingerprint density at radius 3 is 1.86 bits per heavy atom. The molecular formula is C40H69NO8. The molecule has 1 rings (SSSR count). The molecule has 0 saturated heterocycles. The zero-order valence-corrected chi connectivity index (χ0v) is 32.5. The lowest BCUT2D eigenvalue weighted by atomic mass is 9.88. The van der Waals surface area contributed by atoms with Crippen molar-refractivity contribution in [3.63, 3.8) is 0 Å². The molecule has 0 aromatic carbocycles. The zero-order valence-electron chi connectivity index (χ0n) is 32.5. The molecule has 2 N–H and O–H groups in total. The lowest BCUT2D eigenvalue weighted by molar-refractivity contribution is -0.181. The van der Waals surface area contributed by atoms with Crippen LogP contribution in [0, 0.1) is 10.8 Å². The van der Waals surface area contributed by atoms with E-state index in [2.05, 4.69) is 41.2 Å². The van der Waals surface area contributed by atoms with Crippen molar-refractivity contribution >= 4 is 0 Å². The Balaban J connectivity index is 3.29. The Morgan fingerprint density at radius 2 is 1.29 bits per heavy atom. The Labute approximate surface area is 298 Å².